The van der Waals surface area contributed by atoms with Crippen LogP contribution >= 0.6 is 0 Å². The second-order valence-electron chi connectivity index (χ2n) is 17.6. The number of amides is 1. The third-order valence-electron chi connectivity index (χ3n) is 11.7. The fourth-order valence-corrected chi connectivity index (χ4v) is 7.84. The van der Waals surface area contributed by atoms with Crippen LogP contribution in [0.1, 0.15) is 271 Å². The molecule has 3 atom stereocenters. The van der Waals surface area contributed by atoms with Crippen molar-refractivity contribution in [3.63, 3.8) is 0 Å². The average molecular weight is 818 g/mol. The van der Waals surface area contributed by atoms with Crippen molar-refractivity contribution in [1.82, 2.24) is 5.32 Å². The number of aliphatic hydroxyl groups is 2. The predicted octanol–water partition coefficient (Wildman–Crippen LogP) is 15.1. The van der Waals surface area contributed by atoms with Gasteiger partial charge in [-0.3, -0.25) is 9.59 Å². The van der Waals surface area contributed by atoms with E-state index in [9.17, 15) is 19.8 Å². The normalized spacial score (nSPS) is 13.4. The first-order chi connectivity index (χ1) is 28.5. The first kappa shape index (κ1) is 56.3. The number of allylic oxidation sites excluding steroid dienone is 4. The second-order valence-corrected chi connectivity index (χ2v) is 17.6. The van der Waals surface area contributed by atoms with E-state index in [4.69, 9.17) is 4.74 Å². The smallest absolute Gasteiger partial charge is 0.306 e. The number of ether oxygens (including phenoxy) is 1. The molecule has 0 aromatic carbocycles. The largest absolute Gasteiger partial charge is 0.462 e. The number of nitrogens with one attached hydrogen (secondary N) is 1. The highest BCUT2D eigenvalue weighted by molar-refractivity contribution is 5.77. The molecule has 0 saturated heterocycles. The predicted molar refractivity (Wildman–Crippen MR) is 250 cm³/mol. The van der Waals surface area contributed by atoms with E-state index in [0.29, 0.717) is 19.3 Å². The van der Waals surface area contributed by atoms with E-state index in [1.807, 2.05) is 0 Å². The van der Waals surface area contributed by atoms with Gasteiger partial charge in [0.1, 0.15) is 6.10 Å². The first-order valence-corrected chi connectivity index (χ1v) is 25.6. The molecule has 58 heavy (non-hydrogen) atoms. The van der Waals surface area contributed by atoms with Crippen LogP contribution in [0, 0.1) is 0 Å². The number of aliphatic hydroxyl groups excluding tert-OH is 2. The molecule has 0 aliphatic carbocycles. The molecule has 6 nitrogen and oxygen atoms in total. The SMILES string of the molecule is CCC/C=C\CCCCCC(CC(=O)NC(CO)C(O)CCCCCCCCCCCCCCCC)OC(=O)CCCCCCCCC/C=C/CCCCCCCC. The number of hydrogen-bond donors (Lipinski definition) is 3. The molecular formula is C52H99NO5. The number of carbonyl (C=O) groups excluding carboxylic acids is 2. The molecule has 0 saturated carbocycles. The van der Waals surface area contributed by atoms with Crippen molar-refractivity contribution >= 4 is 11.9 Å². The van der Waals surface area contributed by atoms with Crippen LogP contribution in [0.25, 0.3) is 0 Å². The molecule has 3 N–H and O–H groups in total. The van der Waals surface area contributed by atoms with E-state index in [0.717, 1.165) is 70.6 Å². The zero-order valence-electron chi connectivity index (χ0n) is 38.9. The van der Waals surface area contributed by atoms with Gasteiger partial charge in [-0.05, 0) is 70.6 Å². The molecule has 0 rings (SSSR count). The lowest BCUT2D eigenvalue weighted by Gasteiger charge is -2.24. The van der Waals surface area contributed by atoms with Crippen molar-refractivity contribution in [3.8, 4) is 0 Å². The molecule has 0 heterocycles. The maximum Gasteiger partial charge on any atom is 0.306 e. The lowest BCUT2D eigenvalue weighted by Crippen LogP contribution is -2.46. The van der Waals surface area contributed by atoms with E-state index in [1.54, 1.807) is 0 Å². The Morgan fingerprint density at radius 2 is 0.862 bits per heavy atom. The minimum absolute atomic E-state index is 0.0679. The van der Waals surface area contributed by atoms with Crippen LogP contribution < -0.4 is 5.32 Å². The highest BCUT2D eigenvalue weighted by atomic mass is 16.5. The molecule has 0 bridgehead atoms. The van der Waals surface area contributed by atoms with Crippen LogP contribution in [0.4, 0.5) is 0 Å². The van der Waals surface area contributed by atoms with Crippen molar-refractivity contribution in [1.29, 1.82) is 0 Å². The Kier molecular flexibility index (Phi) is 45.1. The number of carbonyl (C=O) groups is 2. The maximum absolute atomic E-state index is 13.1. The van der Waals surface area contributed by atoms with Gasteiger partial charge in [-0.15, -0.1) is 0 Å². The van der Waals surface area contributed by atoms with Gasteiger partial charge in [0.2, 0.25) is 5.91 Å². The highest BCUT2D eigenvalue weighted by Crippen LogP contribution is 2.18. The number of unbranched alkanes of at least 4 members (excludes halogenated alkanes) is 30. The molecule has 342 valence electrons. The van der Waals surface area contributed by atoms with Gasteiger partial charge in [0.05, 0.1) is 25.2 Å². The van der Waals surface area contributed by atoms with E-state index >= 15 is 0 Å². The average Bonchev–Trinajstić information content (AvgIpc) is 3.22. The number of hydrogen-bond acceptors (Lipinski definition) is 5. The van der Waals surface area contributed by atoms with Gasteiger partial charge in [0.25, 0.3) is 0 Å². The third kappa shape index (κ3) is 41.1. The highest BCUT2D eigenvalue weighted by Gasteiger charge is 2.24. The molecule has 0 aromatic rings. The van der Waals surface area contributed by atoms with Gasteiger partial charge in [0, 0.05) is 6.42 Å². The Balaban J connectivity index is 4.39. The Bertz CT molecular complexity index is 919. The zero-order chi connectivity index (χ0) is 42.4. The van der Waals surface area contributed by atoms with Crippen LogP contribution in [-0.2, 0) is 14.3 Å². The Morgan fingerprint density at radius 1 is 0.483 bits per heavy atom. The van der Waals surface area contributed by atoms with Crippen LogP contribution in [0.15, 0.2) is 24.3 Å². The van der Waals surface area contributed by atoms with Gasteiger partial charge in [-0.1, -0.05) is 212 Å². The molecular weight excluding hydrogens is 719 g/mol. The summed E-state index contributed by atoms with van der Waals surface area (Å²) in [4.78, 5) is 26.0. The molecule has 0 radical (unpaired) electrons. The monoisotopic (exact) mass is 818 g/mol. The summed E-state index contributed by atoms with van der Waals surface area (Å²) in [5, 5.41) is 23.7. The standard InChI is InChI=1S/C52H99NO5/c1-4-7-10-13-16-19-21-23-25-26-27-29-31-33-36-39-42-45-52(57)58-48(43-40-37-34-18-15-12-9-6-3)46-51(56)53-49(47-54)50(55)44-41-38-35-32-30-28-24-22-20-17-14-11-8-5-2/h12,15,23,25,48-50,54-55H,4-11,13-14,16-22,24,26-47H2,1-3H3,(H,53,56)/b15-12-,25-23+. The number of rotatable bonds is 46. The van der Waals surface area contributed by atoms with Crippen molar-refractivity contribution in [2.24, 2.45) is 0 Å². The summed E-state index contributed by atoms with van der Waals surface area (Å²) in [6.07, 6.45) is 52.5. The molecule has 6 heteroatoms. The summed E-state index contributed by atoms with van der Waals surface area (Å²) in [5.74, 6) is -0.489. The van der Waals surface area contributed by atoms with Gasteiger partial charge < -0.3 is 20.3 Å². The van der Waals surface area contributed by atoms with Gasteiger partial charge in [0.15, 0.2) is 0 Å². The Labute approximate surface area is 361 Å². The molecule has 0 aliphatic rings. The van der Waals surface area contributed by atoms with Gasteiger partial charge in [-0.25, -0.2) is 0 Å². The second kappa shape index (κ2) is 46.4. The molecule has 0 spiro atoms. The van der Waals surface area contributed by atoms with Crippen molar-refractivity contribution < 1.29 is 24.5 Å². The molecule has 1 amide bonds. The third-order valence-corrected chi connectivity index (χ3v) is 11.7. The lowest BCUT2D eigenvalue weighted by atomic mass is 10.0. The summed E-state index contributed by atoms with van der Waals surface area (Å²) in [7, 11) is 0. The van der Waals surface area contributed by atoms with E-state index < -0.39 is 18.2 Å². The minimum atomic E-state index is -0.787. The minimum Gasteiger partial charge on any atom is -0.462 e. The van der Waals surface area contributed by atoms with E-state index in [1.165, 1.54) is 154 Å². The quantitative estimate of drug-likeness (QED) is 0.0323. The van der Waals surface area contributed by atoms with Crippen molar-refractivity contribution in [2.45, 2.75) is 289 Å². The topological polar surface area (TPSA) is 95.9 Å². The summed E-state index contributed by atoms with van der Waals surface area (Å²) < 4.78 is 5.90. The maximum atomic E-state index is 13.1. The summed E-state index contributed by atoms with van der Waals surface area (Å²) in [5.41, 5.74) is 0. The summed E-state index contributed by atoms with van der Waals surface area (Å²) in [6.45, 7) is 6.42. The van der Waals surface area contributed by atoms with E-state index in [2.05, 4.69) is 50.4 Å². The molecule has 3 unspecified atom stereocenters. The Hall–Kier alpha value is -1.66. The molecule has 0 aromatic heterocycles. The lowest BCUT2D eigenvalue weighted by molar-refractivity contribution is -0.151. The summed E-state index contributed by atoms with van der Waals surface area (Å²) in [6, 6.07) is -0.702. The Morgan fingerprint density at radius 3 is 1.31 bits per heavy atom. The van der Waals surface area contributed by atoms with E-state index in [-0.39, 0.29) is 24.9 Å². The van der Waals surface area contributed by atoms with Crippen LogP contribution in [0.3, 0.4) is 0 Å². The van der Waals surface area contributed by atoms with Crippen LogP contribution in [0.5, 0.6) is 0 Å². The van der Waals surface area contributed by atoms with Crippen LogP contribution in [0.2, 0.25) is 0 Å². The van der Waals surface area contributed by atoms with Gasteiger partial charge >= 0.3 is 5.97 Å². The van der Waals surface area contributed by atoms with Crippen molar-refractivity contribution in [3.05, 3.63) is 24.3 Å². The fourth-order valence-electron chi connectivity index (χ4n) is 7.84. The van der Waals surface area contributed by atoms with Gasteiger partial charge in [-0.2, -0.15) is 0 Å². The molecule has 0 aliphatic heterocycles. The van der Waals surface area contributed by atoms with Crippen LogP contribution in [-0.4, -0.2) is 46.9 Å². The van der Waals surface area contributed by atoms with Crippen molar-refractivity contribution in [2.75, 3.05) is 6.61 Å². The molecule has 0 fully saturated rings. The fraction of sp³-hybridized carbons (Fsp3) is 0.885. The number of esters is 1. The zero-order valence-corrected chi connectivity index (χ0v) is 38.9. The first-order valence-electron chi connectivity index (χ1n) is 25.6. The summed E-state index contributed by atoms with van der Waals surface area (Å²) >= 11 is 0.